The van der Waals surface area contributed by atoms with Gasteiger partial charge in [-0.1, -0.05) is 59.6 Å². The second-order valence-corrected chi connectivity index (χ2v) is 5.02. The van der Waals surface area contributed by atoms with Gasteiger partial charge in [0.1, 0.15) is 10.3 Å². The molecule has 96 valence electrons. The van der Waals surface area contributed by atoms with Crippen LogP contribution in [0.3, 0.4) is 0 Å². The molecule has 0 aliphatic heterocycles. The molecule has 2 nitrogen and oxygen atoms in total. The van der Waals surface area contributed by atoms with Gasteiger partial charge in [0.05, 0.1) is 11.6 Å². The summed E-state index contributed by atoms with van der Waals surface area (Å²) in [6.45, 7) is 0. The maximum atomic E-state index is 8.86. The average Bonchev–Trinajstić information content (AvgIpc) is 2.48. The van der Waals surface area contributed by atoms with Crippen LogP contribution in [0.15, 0.2) is 48.5 Å². The van der Waals surface area contributed by atoms with Gasteiger partial charge in [0.2, 0.25) is 0 Å². The maximum absolute atomic E-state index is 8.86. The Morgan fingerprint density at radius 1 is 0.850 bits per heavy atom. The first-order valence-corrected chi connectivity index (χ1v) is 6.70. The molecule has 0 saturated carbocycles. The fourth-order valence-corrected chi connectivity index (χ4v) is 2.77. The zero-order valence-corrected chi connectivity index (χ0v) is 11.8. The monoisotopic (exact) mass is 298 g/mol. The number of hydrogen-bond donors (Lipinski definition) is 0. The van der Waals surface area contributed by atoms with Gasteiger partial charge >= 0.3 is 0 Å². The zero-order chi connectivity index (χ0) is 14.1. The number of nitriles is 1. The van der Waals surface area contributed by atoms with Crippen molar-refractivity contribution in [3.63, 3.8) is 0 Å². The molecule has 0 spiro atoms. The molecule has 20 heavy (non-hydrogen) atoms. The molecule has 0 N–H and O–H groups in total. The van der Waals surface area contributed by atoms with Crippen LogP contribution in [0, 0.1) is 11.3 Å². The lowest BCUT2D eigenvalue weighted by Gasteiger charge is -2.10. The Hall–Kier alpha value is -2.08. The van der Waals surface area contributed by atoms with E-state index in [1.165, 1.54) is 0 Å². The Morgan fingerprint density at radius 3 is 2.15 bits per heavy atom. The van der Waals surface area contributed by atoms with Crippen molar-refractivity contribution < 1.29 is 0 Å². The summed E-state index contributed by atoms with van der Waals surface area (Å²) in [6.07, 6.45) is 0. The van der Waals surface area contributed by atoms with Gasteiger partial charge in [-0.05, 0) is 23.1 Å². The highest BCUT2D eigenvalue weighted by Gasteiger charge is 2.13. The SMILES string of the molecule is N#Cc1ccc(-c2c(Cl)nc(Cl)c3ccccc23)cc1. The summed E-state index contributed by atoms with van der Waals surface area (Å²) in [5.74, 6) is 0. The van der Waals surface area contributed by atoms with Gasteiger partial charge in [-0.15, -0.1) is 0 Å². The standard InChI is InChI=1S/C16H8Cl2N2/c17-15-13-4-2-1-3-12(13)14(16(18)20-15)11-7-5-10(9-19)6-8-11/h1-8H. The number of halogens is 2. The van der Waals surface area contributed by atoms with E-state index in [4.69, 9.17) is 28.5 Å². The first-order chi connectivity index (χ1) is 9.70. The van der Waals surface area contributed by atoms with Crippen LogP contribution < -0.4 is 0 Å². The number of rotatable bonds is 1. The molecule has 1 heterocycles. The van der Waals surface area contributed by atoms with E-state index < -0.39 is 0 Å². The largest absolute Gasteiger partial charge is 0.223 e. The molecule has 0 saturated heterocycles. The second kappa shape index (κ2) is 5.13. The Labute approximate surface area is 126 Å². The molecule has 1 aromatic heterocycles. The quantitative estimate of drug-likeness (QED) is 0.587. The summed E-state index contributed by atoms with van der Waals surface area (Å²) in [5, 5.41) is 11.4. The van der Waals surface area contributed by atoms with Crippen molar-refractivity contribution in [3.8, 4) is 17.2 Å². The molecule has 2 aromatic carbocycles. The number of hydrogen-bond acceptors (Lipinski definition) is 2. The summed E-state index contributed by atoms with van der Waals surface area (Å²) >= 11 is 12.4. The average molecular weight is 299 g/mol. The van der Waals surface area contributed by atoms with Crippen LogP contribution in [-0.2, 0) is 0 Å². The van der Waals surface area contributed by atoms with Crippen molar-refractivity contribution in [1.82, 2.24) is 4.98 Å². The van der Waals surface area contributed by atoms with Crippen LogP contribution in [0.4, 0.5) is 0 Å². The minimum atomic E-state index is 0.360. The topological polar surface area (TPSA) is 36.7 Å². The lowest BCUT2D eigenvalue weighted by Crippen LogP contribution is -1.89. The van der Waals surface area contributed by atoms with E-state index in [0.717, 1.165) is 21.9 Å². The first-order valence-electron chi connectivity index (χ1n) is 5.95. The van der Waals surface area contributed by atoms with Gasteiger partial charge in [-0.3, -0.25) is 0 Å². The van der Waals surface area contributed by atoms with Crippen molar-refractivity contribution in [1.29, 1.82) is 5.26 Å². The molecule has 0 amide bonds. The van der Waals surface area contributed by atoms with E-state index in [1.807, 2.05) is 36.4 Å². The zero-order valence-electron chi connectivity index (χ0n) is 10.3. The lowest BCUT2D eigenvalue weighted by molar-refractivity contribution is 1.36. The third-order valence-corrected chi connectivity index (χ3v) is 3.69. The van der Waals surface area contributed by atoms with Crippen LogP contribution in [0.1, 0.15) is 5.56 Å². The smallest absolute Gasteiger partial charge is 0.139 e. The number of benzene rings is 2. The minimum absolute atomic E-state index is 0.360. The Balaban J connectivity index is 2.32. The Bertz CT molecular complexity index is 833. The third-order valence-electron chi connectivity index (χ3n) is 3.12. The van der Waals surface area contributed by atoms with Crippen LogP contribution in [0.5, 0.6) is 0 Å². The van der Waals surface area contributed by atoms with Crippen molar-refractivity contribution in [2.75, 3.05) is 0 Å². The summed E-state index contributed by atoms with van der Waals surface area (Å²) in [5.41, 5.74) is 2.35. The van der Waals surface area contributed by atoms with E-state index in [0.29, 0.717) is 15.9 Å². The normalized spacial score (nSPS) is 10.4. The van der Waals surface area contributed by atoms with Crippen molar-refractivity contribution in [2.24, 2.45) is 0 Å². The van der Waals surface area contributed by atoms with E-state index in [-0.39, 0.29) is 0 Å². The van der Waals surface area contributed by atoms with Gasteiger partial charge in [-0.2, -0.15) is 5.26 Å². The highest BCUT2D eigenvalue weighted by molar-refractivity contribution is 6.38. The lowest BCUT2D eigenvalue weighted by atomic mass is 10.00. The predicted molar refractivity (Wildman–Crippen MR) is 81.9 cm³/mol. The molecule has 0 radical (unpaired) electrons. The molecule has 0 aliphatic rings. The fraction of sp³-hybridized carbons (Fsp3) is 0. The summed E-state index contributed by atoms with van der Waals surface area (Å²) < 4.78 is 0. The third kappa shape index (κ3) is 2.12. The molecule has 0 atom stereocenters. The summed E-state index contributed by atoms with van der Waals surface area (Å²) in [4.78, 5) is 4.19. The van der Waals surface area contributed by atoms with E-state index >= 15 is 0 Å². The molecular formula is C16H8Cl2N2. The van der Waals surface area contributed by atoms with E-state index in [1.54, 1.807) is 12.1 Å². The van der Waals surface area contributed by atoms with Crippen LogP contribution in [0.25, 0.3) is 21.9 Å². The van der Waals surface area contributed by atoms with E-state index in [9.17, 15) is 0 Å². The molecule has 0 fully saturated rings. The summed E-state index contributed by atoms with van der Waals surface area (Å²) in [6, 6.07) is 17.1. The van der Waals surface area contributed by atoms with Gasteiger partial charge < -0.3 is 0 Å². The molecule has 0 unspecified atom stereocenters. The molecule has 3 rings (SSSR count). The molecule has 3 aromatic rings. The fourth-order valence-electron chi connectivity index (χ4n) is 2.18. The molecule has 0 aliphatic carbocycles. The van der Waals surface area contributed by atoms with Crippen LogP contribution in [0.2, 0.25) is 10.3 Å². The van der Waals surface area contributed by atoms with Crippen molar-refractivity contribution in [3.05, 3.63) is 64.4 Å². The number of fused-ring (bicyclic) bond motifs is 1. The Morgan fingerprint density at radius 2 is 1.50 bits per heavy atom. The Kier molecular flexibility index (Phi) is 3.31. The van der Waals surface area contributed by atoms with Gasteiger partial charge in [0.25, 0.3) is 0 Å². The highest BCUT2D eigenvalue weighted by atomic mass is 35.5. The van der Waals surface area contributed by atoms with Crippen molar-refractivity contribution in [2.45, 2.75) is 0 Å². The molecule has 0 bridgehead atoms. The van der Waals surface area contributed by atoms with Crippen molar-refractivity contribution >= 4 is 34.0 Å². The first kappa shape index (κ1) is 12.9. The predicted octanol–water partition coefficient (Wildman–Crippen LogP) is 5.08. The molecule has 4 heteroatoms. The maximum Gasteiger partial charge on any atom is 0.139 e. The minimum Gasteiger partial charge on any atom is -0.223 e. The van der Waals surface area contributed by atoms with Gasteiger partial charge in [-0.25, -0.2) is 4.98 Å². The highest BCUT2D eigenvalue weighted by Crippen LogP contribution is 2.36. The van der Waals surface area contributed by atoms with Gasteiger partial charge in [0.15, 0.2) is 0 Å². The van der Waals surface area contributed by atoms with Gasteiger partial charge in [0, 0.05) is 10.9 Å². The van der Waals surface area contributed by atoms with Crippen LogP contribution >= 0.6 is 23.2 Å². The number of pyridine rings is 1. The number of nitrogens with zero attached hydrogens (tertiary/aromatic N) is 2. The number of aromatic nitrogens is 1. The van der Waals surface area contributed by atoms with Crippen LogP contribution in [-0.4, -0.2) is 4.98 Å². The van der Waals surface area contributed by atoms with E-state index in [2.05, 4.69) is 11.1 Å². The summed E-state index contributed by atoms with van der Waals surface area (Å²) in [7, 11) is 0. The second-order valence-electron chi connectivity index (χ2n) is 4.30. The molecular weight excluding hydrogens is 291 g/mol.